The van der Waals surface area contributed by atoms with Gasteiger partial charge in [-0.3, -0.25) is 0 Å². The quantitative estimate of drug-likeness (QED) is 0.519. The highest BCUT2D eigenvalue weighted by atomic mass is 14.7. The Morgan fingerprint density at radius 2 is 1.71 bits per heavy atom. The molecule has 102 valence electrons. The third-order valence-electron chi connectivity index (χ3n) is 3.97. The Bertz CT molecular complexity index is 950. The molecule has 0 radical (unpaired) electrons. The van der Waals surface area contributed by atoms with E-state index in [1.807, 2.05) is 6.07 Å². The van der Waals surface area contributed by atoms with Gasteiger partial charge < -0.3 is 4.98 Å². The summed E-state index contributed by atoms with van der Waals surface area (Å²) in [6, 6.07) is 19.0. The largest absolute Gasteiger partial charge is 0.359 e. The Morgan fingerprint density at radius 1 is 0.905 bits per heavy atom. The van der Waals surface area contributed by atoms with Crippen molar-refractivity contribution in [2.45, 2.75) is 13.8 Å². The number of H-pyrrole nitrogens is 1. The lowest BCUT2D eigenvalue weighted by atomic mass is 10.0. The molecule has 0 bridgehead atoms. The number of pyridine rings is 1. The Kier molecular flexibility index (Phi) is 2.58. The van der Waals surface area contributed by atoms with Gasteiger partial charge in [-0.1, -0.05) is 30.3 Å². The van der Waals surface area contributed by atoms with Gasteiger partial charge in [-0.15, -0.1) is 0 Å². The van der Waals surface area contributed by atoms with E-state index in [9.17, 15) is 0 Å². The minimum absolute atomic E-state index is 1.04. The lowest BCUT2D eigenvalue weighted by Crippen LogP contribution is -1.87. The SMILES string of the molecule is Cc1cc(C)c2c(ccc3nc(-c4ccccc4)cc32)[nH]1. The number of nitrogens with one attached hydrogen (secondary N) is 1. The fourth-order valence-corrected chi connectivity index (χ4v) is 3.08. The number of fused-ring (bicyclic) bond motifs is 3. The van der Waals surface area contributed by atoms with E-state index in [1.54, 1.807) is 0 Å². The van der Waals surface area contributed by atoms with Crippen LogP contribution in [0.15, 0.2) is 54.6 Å². The van der Waals surface area contributed by atoms with Crippen molar-refractivity contribution in [1.82, 2.24) is 9.97 Å². The molecule has 2 heterocycles. The normalized spacial score (nSPS) is 11.3. The summed E-state index contributed by atoms with van der Waals surface area (Å²) in [5.74, 6) is 0. The summed E-state index contributed by atoms with van der Waals surface area (Å²) in [5.41, 5.74) is 6.91. The second-order valence-electron chi connectivity index (χ2n) is 5.56. The summed E-state index contributed by atoms with van der Waals surface area (Å²) >= 11 is 0. The monoisotopic (exact) mass is 272 g/mol. The molecule has 0 unspecified atom stereocenters. The van der Waals surface area contributed by atoms with E-state index < -0.39 is 0 Å². The molecule has 0 amide bonds. The average molecular weight is 272 g/mol. The summed E-state index contributed by atoms with van der Waals surface area (Å²) in [5, 5.41) is 2.49. The Balaban J connectivity index is 2.06. The number of benzene rings is 2. The van der Waals surface area contributed by atoms with Gasteiger partial charge in [0.05, 0.1) is 11.2 Å². The van der Waals surface area contributed by atoms with Crippen LogP contribution in [0.1, 0.15) is 11.3 Å². The number of aromatic nitrogens is 2. The first-order valence-corrected chi connectivity index (χ1v) is 7.17. The molecule has 4 aromatic rings. The van der Waals surface area contributed by atoms with Gasteiger partial charge in [0.15, 0.2) is 0 Å². The van der Waals surface area contributed by atoms with Gasteiger partial charge in [0.25, 0.3) is 0 Å². The highest BCUT2D eigenvalue weighted by Gasteiger charge is 2.10. The van der Waals surface area contributed by atoms with Crippen molar-refractivity contribution in [2.75, 3.05) is 0 Å². The number of nitrogens with zero attached hydrogens (tertiary/aromatic N) is 1. The molecule has 0 aliphatic heterocycles. The Morgan fingerprint density at radius 3 is 2.52 bits per heavy atom. The van der Waals surface area contributed by atoms with E-state index in [1.165, 1.54) is 27.5 Å². The van der Waals surface area contributed by atoms with Crippen molar-refractivity contribution >= 4 is 21.8 Å². The number of hydrogen-bond donors (Lipinski definition) is 1. The van der Waals surface area contributed by atoms with Crippen molar-refractivity contribution in [1.29, 1.82) is 0 Å². The molecular formula is C19H16N2. The summed E-state index contributed by atoms with van der Waals surface area (Å²) in [7, 11) is 0. The molecule has 0 saturated heterocycles. The third kappa shape index (κ3) is 1.91. The molecule has 1 N–H and O–H groups in total. The van der Waals surface area contributed by atoms with Crippen LogP contribution in [0.5, 0.6) is 0 Å². The van der Waals surface area contributed by atoms with Crippen molar-refractivity contribution in [3.05, 3.63) is 65.9 Å². The first-order valence-electron chi connectivity index (χ1n) is 7.17. The van der Waals surface area contributed by atoms with Gasteiger partial charge in [-0.2, -0.15) is 0 Å². The van der Waals surface area contributed by atoms with Crippen LogP contribution in [0.25, 0.3) is 33.1 Å². The zero-order chi connectivity index (χ0) is 14.4. The minimum atomic E-state index is 1.04. The highest BCUT2D eigenvalue weighted by molar-refractivity contribution is 6.08. The van der Waals surface area contributed by atoms with E-state index in [2.05, 4.69) is 67.4 Å². The topological polar surface area (TPSA) is 28.7 Å². The van der Waals surface area contributed by atoms with Crippen LogP contribution in [-0.2, 0) is 0 Å². The maximum absolute atomic E-state index is 4.78. The molecule has 2 aromatic heterocycles. The molecule has 4 rings (SSSR count). The standard InChI is InChI=1S/C19H16N2/c1-12-10-13(2)20-17-9-8-16-15(19(12)17)11-18(21-16)14-6-4-3-5-7-14/h3-11,20H,1-2H3. The number of hydrogen-bond acceptors (Lipinski definition) is 1. The van der Waals surface area contributed by atoms with Crippen LogP contribution in [0.4, 0.5) is 0 Å². The van der Waals surface area contributed by atoms with Crippen molar-refractivity contribution in [3.8, 4) is 11.3 Å². The summed E-state index contributed by atoms with van der Waals surface area (Å²) in [6.07, 6.45) is 0. The van der Waals surface area contributed by atoms with E-state index >= 15 is 0 Å². The second-order valence-corrected chi connectivity index (χ2v) is 5.56. The first-order chi connectivity index (χ1) is 10.2. The number of aryl methyl sites for hydroxylation is 2. The lowest BCUT2D eigenvalue weighted by molar-refractivity contribution is 1.24. The van der Waals surface area contributed by atoms with E-state index in [4.69, 9.17) is 4.98 Å². The Labute approximate surface area is 123 Å². The smallest absolute Gasteiger partial charge is 0.0717 e. The van der Waals surface area contributed by atoms with Gasteiger partial charge in [0.1, 0.15) is 0 Å². The second kappa shape index (κ2) is 4.45. The molecular weight excluding hydrogens is 256 g/mol. The molecule has 0 aliphatic rings. The maximum atomic E-state index is 4.78. The molecule has 0 fully saturated rings. The molecule has 0 spiro atoms. The number of aromatic amines is 1. The van der Waals surface area contributed by atoms with Crippen molar-refractivity contribution in [3.63, 3.8) is 0 Å². The van der Waals surface area contributed by atoms with Crippen LogP contribution < -0.4 is 0 Å². The van der Waals surface area contributed by atoms with Gasteiger partial charge >= 0.3 is 0 Å². The minimum Gasteiger partial charge on any atom is -0.359 e. The van der Waals surface area contributed by atoms with Gasteiger partial charge in [-0.25, -0.2) is 4.98 Å². The van der Waals surface area contributed by atoms with Crippen molar-refractivity contribution in [2.24, 2.45) is 0 Å². The van der Waals surface area contributed by atoms with Crippen LogP contribution in [-0.4, -0.2) is 9.97 Å². The fourth-order valence-electron chi connectivity index (χ4n) is 3.08. The van der Waals surface area contributed by atoms with E-state index in [-0.39, 0.29) is 0 Å². The van der Waals surface area contributed by atoms with Gasteiger partial charge in [0.2, 0.25) is 0 Å². The maximum Gasteiger partial charge on any atom is 0.0717 e. The first kappa shape index (κ1) is 12.2. The van der Waals surface area contributed by atoms with Gasteiger partial charge in [0, 0.05) is 27.5 Å². The molecule has 0 aliphatic carbocycles. The van der Waals surface area contributed by atoms with Crippen molar-refractivity contribution < 1.29 is 0 Å². The van der Waals surface area contributed by atoms with E-state index in [0.29, 0.717) is 0 Å². The van der Waals surface area contributed by atoms with Crippen LogP contribution in [0, 0.1) is 13.8 Å². The molecule has 2 heteroatoms. The highest BCUT2D eigenvalue weighted by Crippen LogP contribution is 2.31. The molecule has 2 aromatic carbocycles. The molecule has 21 heavy (non-hydrogen) atoms. The fraction of sp³-hybridized carbons (Fsp3) is 0.105. The molecule has 2 nitrogen and oxygen atoms in total. The van der Waals surface area contributed by atoms with Crippen LogP contribution in [0.3, 0.4) is 0 Å². The average Bonchev–Trinajstić information content (AvgIpc) is 2.91. The van der Waals surface area contributed by atoms with Crippen LogP contribution >= 0.6 is 0 Å². The zero-order valence-electron chi connectivity index (χ0n) is 12.1. The summed E-state index contributed by atoms with van der Waals surface area (Å²) < 4.78 is 0. The lowest BCUT2D eigenvalue weighted by Gasteiger charge is -2.06. The third-order valence-corrected chi connectivity index (χ3v) is 3.97. The Hall–Kier alpha value is -2.61. The summed E-state index contributed by atoms with van der Waals surface area (Å²) in [4.78, 5) is 8.23. The van der Waals surface area contributed by atoms with E-state index in [0.717, 1.165) is 16.8 Å². The van der Waals surface area contributed by atoms with Gasteiger partial charge in [-0.05, 0) is 43.7 Å². The number of rotatable bonds is 1. The zero-order valence-corrected chi connectivity index (χ0v) is 12.1. The van der Waals surface area contributed by atoms with Crippen LogP contribution in [0.2, 0.25) is 0 Å². The predicted octanol–water partition coefficient (Wildman–Crippen LogP) is 5.00. The molecule has 0 saturated carbocycles. The predicted molar refractivity (Wildman–Crippen MR) is 88.5 cm³/mol. The summed E-state index contributed by atoms with van der Waals surface area (Å²) in [6.45, 7) is 4.26. The molecule has 0 atom stereocenters.